The van der Waals surface area contributed by atoms with Crippen molar-refractivity contribution in [2.45, 2.75) is 6.92 Å². The molecule has 0 fully saturated rings. The van der Waals surface area contributed by atoms with E-state index in [9.17, 15) is 5.26 Å². The quantitative estimate of drug-likeness (QED) is 0.457. The highest BCUT2D eigenvalue weighted by atomic mass is 32.1. The van der Waals surface area contributed by atoms with Crippen LogP contribution in [0.1, 0.15) is 22.4 Å². The highest BCUT2D eigenvalue weighted by molar-refractivity contribution is 7.19. The summed E-state index contributed by atoms with van der Waals surface area (Å²) in [6.45, 7) is 2.02. The predicted molar refractivity (Wildman–Crippen MR) is 120 cm³/mol. The van der Waals surface area contributed by atoms with Gasteiger partial charge in [0.1, 0.15) is 11.6 Å². The predicted octanol–water partition coefficient (Wildman–Crippen LogP) is 4.97. The Hall–Kier alpha value is -3.49. The fourth-order valence-corrected chi connectivity index (χ4v) is 4.28. The van der Waals surface area contributed by atoms with Crippen LogP contribution in [0.4, 0.5) is 5.69 Å². The van der Waals surface area contributed by atoms with Gasteiger partial charge in [-0.05, 0) is 33.5 Å². The highest BCUT2D eigenvalue weighted by Crippen LogP contribution is 2.27. The molecule has 5 heteroatoms. The topological polar surface area (TPSA) is 44.0 Å². The zero-order valence-electron chi connectivity index (χ0n) is 16.6. The number of anilines is 1. The maximum absolute atomic E-state index is 9.86. The summed E-state index contributed by atoms with van der Waals surface area (Å²) in [5, 5.41) is 15.5. The normalized spacial score (nSPS) is 11.1. The molecule has 0 N–H and O–H groups in total. The molecule has 0 aliphatic rings. The third-order valence-corrected chi connectivity index (χ3v) is 5.86. The molecular formula is C24H21N4S+. The molecule has 0 amide bonds. The average molecular weight is 398 g/mol. The average Bonchev–Trinajstić information content (AvgIpc) is 3.19. The number of hydrogen-bond acceptors (Lipinski definition) is 4. The second kappa shape index (κ2) is 7.86. The Morgan fingerprint density at radius 3 is 2.41 bits per heavy atom. The molecule has 142 valence electrons. The van der Waals surface area contributed by atoms with Crippen molar-refractivity contribution in [2.24, 2.45) is 0 Å². The Bertz CT molecular complexity index is 1230. The van der Waals surface area contributed by atoms with Gasteiger partial charge in [0.2, 0.25) is 5.69 Å². The lowest BCUT2D eigenvalue weighted by molar-refractivity contribution is -0.582. The van der Waals surface area contributed by atoms with Gasteiger partial charge in [-0.2, -0.15) is 5.26 Å². The van der Waals surface area contributed by atoms with E-state index in [1.54, 1.807) is 11.3 Å². The number of fused-ring (bicyclic) bond motifs is 1. The van der Waals surface area contributed by atoms with Gasteiger partial charge in [0, 0.05) is 49.0 Å². The van der Waals surface area contributed by atoms with E-state index in [-0.39, 0.29) is 0 Å². The molecule has 2 aromatic heterocycles. The zero-order valence-corrected chi connectivity index (χ0v) is 17.4. The molecule has 0 aliphatic carbocycles. The number of rotatable bonds is 4. The smallest absolute Gasteiger partial charge is 0.314 e. The van der Waals surface area contributed by atoms with Crippen molar-refractivity contribution in [2.75, 3.05) is 19.0 Å². The Morgan fingerprint density at radius 1 is 1.03 bits per heavy atom. The summed E-state index contributed by atoms with van der Waals surface area (Å²) in [5.74, 6) is 0. The fraction of sp³-hybridized carbons (Fsp3) is 0.125. The van der Waals surface area contributed by atoms with Crippen LogP contribution >= 0.6 is 11.3 Å². The van der Waals surface area contributed by atoms with E-state index in [1.165, 1.54) is 0 Å². The Labute approximate surface area is 174 Å². The molecule has 4 aromatic rings. The second-order valence-electron chi connectivity index (χ2n) is 7.04. The molecule has 0 spiro atoms. The summed E-state index contributed by atoms with van der Waals surface area (Å²) in [6.07, 6.45) is 4.06. The Balaban J connectivity index is 1.76. The fourth-order valence-electron chi connectivity index (χ4n) is 3.18. The molecule has 0 saturated carbocycles. The van der Waals surface area contributed by atoms with Crippen molar-refractivity contribution >= 4 is 34.0 Å². The minimum Gasteiger partial charge on any atom is -0.378 e. The number of nitrogens with zero attached hydrogens (tertiary/aromatic N) is 4. The monoisotopic (exact) mass is 397 g/mol. The Morgan fingerprint density at radius 2 is 1.76 bits per heavy atom. The van der Waals surface area contributed by atoms with Crippen LogP contribution in [0.5, 0.6) is 0 Å². The van der Waals surface area contributed by atoms with Gasteiger partial charge in [-0.25, -0.2) is 0 Å². The highest BCUT2D eigenvalue weighted by Gasteiger charge is 2.23. The van der Waals surface area contributed by atoms with Gasteiger partial charge < -0.3 is 4.90 Å². The maximum atomic E-state index is 9.86. The van der Waals surface area contributed by atoms with Crippen molar-refractivity contribution < 1.29 is 4.52 Å². The Kier molecular flexibility index (Phi) is 5.11. The van der Waals surface area contributed by atoms with Crippen molar-refractivity contribution in [3.8, 4) is 16.6 Å². The van der Waals surface area contributed by atoms with Gasteiger partial charge >= 0.3 is 4.83 Å². The van der Waals surface area contributed by atoms with E-state index in [1.807, 2.05) is 74.1 Å². The number of benzene rings is 2. The number of aromatic nitrogens is 2. The second-order valence-corrected chi connectivity index (χ2v) is 8.01. The summed E-state index contributed by atoms with van der Waals surface area (Å²) < 4.78 is 1.87. The van der Waals surface area contributed by atoms with Crippen LogP contribution < -0.4 is 9.42 Å². The molecule has 0 atom stereocenters. The van der Waals surface area contributed by atoms with Crippen LogP contribution in [-0.4, -0.2) is 19.2 Å². The minimum absolute atomic E-state index is 0.649. The lowest BCUT2D eigenvalue weighted by Gasteiger charge is -2.11. The van der Waals surface area contributed by atoms with Crippen LogP contribution in [0.25, 0.3) is 27.6 Å². The van der Waals surface area contributed by atoms with Crippen LogP contribution in [0.2, 0.25) is 0 Å². The lowest BCUT2D eigenvalue weighted by atomic mass is 10.1. The van der Waals surface area contributed by atoms with Gasteiger partial charge in [0.25, 0.3) is 0 Å². The molecule has 2 aromatic carbocycles. The first-order valence-corrected chi connectivity index (χ1v) is 10.2. The number of nitriles is 1. The van der Waals surface area contributed by atoms with Crippen molar-refractivity contribution in [1.82, 2.24) is 5.10 Å². The molecule has 0 aliphatic heterocycles. The molecule has 2 heterocycles. The van der Waals surface area contributed by atoms with Crippen molar-refractivity contribution in [3.63, 3.8) is 0 Å². The molecule has 4 nitrogen and oxygen atoms in total. The molecule has 0 radical (unpaired) electrons. The SMILES string of the molecule is Cc1cc(/C=C\c2ccc(N(C)C)cc2)c(C#N)c2sc(-c3ccccc3)n[n+]12. The van der Waals surface area contributed by atoms with Crippen molar-refractivity contribution in [1.29, 1.82) is 5.26 Å². The van der Waals surface area contributed by atoms with Gasteiger partial charge in [-0.15, -0.1) is 0 Å². The largest absolute Gasteiger partial charge is 0.378 e. The van der Waals surface area contributed by atoms with E-state index in [0.717, 1.165) is 37.9 Å². The summed E-state index contributed by atoms with van der Waals surface area (Å²) in [7, 11) is 4.05. The van der Waals surface area contributed by atoms with Gasteiger partial charge in [-0.1, -0.05) is 54.6 Å². The van der Waals surface area contributed by atoms with Gasteiger partial charge in [0.15, 0.2) is 5.01 Å². The first kappa shape index (κ1) is 18.9. The van der Waals surface area contributed by atoms with Crippen LogP contribution in [0.3, 0.4) is 0 Å². The first-order valence-electron chi connectivity index (χ1n) is 9.34. The maximum Gasteiger partial charge on any atom is 0.314 e. The first-order chi connectivity index (χ1) is 14.1. The molecular weight excluding hydrogens is 376 g/mol. The number of hydrogen-bond donors (Lipinski definition) is 0. The molecule has 4 rings (SSSR count). The molecule has 0 bridgehead atoms. The van der Waals surface area contributed by atoms with E-state index in [4.69, 9.17) is 5.10 Å². The summed E-state index contributed by atoms with van der Waals surface area (Å²) in [4.78, 5) is 2.94. The lowest BCUT2D eigenvalue weighted by Crippen LogP contribution is -2.28. The standard InChI is InChI=1S/C24H21N4S/c1-17-15-20(12-9-18-10-13-21(14-11-18)27(2)3)22(16-25)24-28(17)26-23(29-24)19-7-5-4-6-8-19/h4-15H,1-3H3/q+1. The zero-order chi connectivity index (χ0) is 20.4. The van der Waals surface area contributed by atoms with Crippen molar-refractivity contribution in [3.05, 3.63) is 83.0 Å². The van der Waals surface area contributed by atoms with Crippen LogP contribution in [0.15, 0.2) is 60.7 Å². The van der Waals surface area contributed by atoms with Crippen LogP contribution in [0, 0.1) is 18.3 Å². The molecule has 0 unspecified atom stereocenters. The van der Waals surface area contributed by atoms with E-state index >= 15 is 0 Å². The number of aryl methyl sites for hydroxylation is 1. The van der Waals surface area contributed by atoms with E-state index in [2.05, 4.69) is 35.2 Å². The number of pyridine rings is 1. The summed E-state index contributed by atoms with van der Waals surface area (Å²) in [5.41, 5.74) is 5.87. The summed E-state index contributed by atoms with van der Waals surface area (Å²) in [6, 6.07) is 22.8. The summed E-state index contributed by atoms with van der Waals surface area (Å²) >= 11 is 1.55. The minimum atomic E-state index is 0.649. The van der Waals surface area contributed by atoms with Gasteiger partial charge in [-0.3, -0.25) is 0 Å². The van der Waals surface area contributed by atoms with E-state index in [0.29, 0.717) is 5.56 Å². The molecule has 0 saturated heterocycles. The van der Waals surface area contributed by atoms with Crippen LogP contribution in [-0.2, 0) is 0 Å². The van der Waals surface area contributed by atoms with Gasteiger partial charge in [0.05, 0.1) is 0 Å². The third kappa shape index (κ3) is 3.75. The molecule has 29 heavy (non-hydrogen) atoms. The van der Waals surface area contributed by atoms with E-state index < -0.39 is 0 Å². The third-order valence-electron chi connectivity index (χ3n) is 4.77.